The Morgan fingerprint density at radius 3 is 1.93 bits per heavy atom. The molecule has 0 aliphatic carbocycles. The summed E-state index contributed by atoms with van der Waals surface area (Å²) in [6.07, 6.45) is 12.3. The van der Waals surface area contributed by atoms with E-state index in [1.807, 2.05) is 94.4 Å². The van der Waals surface area contributed by atoms with Crippen LogP contribution < -0.4 is 30.7 Å². The lowest BCUT2D eigenvalue weighted by Gasteiger charge is -2.41. The third-order valence-corrected chi connectivity index (χ3v) is 13.4. The van der Waals surface area contributed by atoms with Gasteiger partial charge < -0.3 is 44.7 Å². The van der Waals surface area contributed by atoms with Gasteiger partial charge in [0.2, 0.25) is 17.7 Å². The molecular formula is C58H80N5O10+. The molecule has 2 aliphatic heterocycles. The first-order chi connectivity index (χ1) is 35.0. The summed E-state index contributed by atoms with van der Waals surface area (Å²) < 4.78 is 23.2. The van der Waals surface area contributed by atoms with Gasteiger partial charge in [-0.1, -0.05) is 127 Å². The summed E-state index contributed by atoms with van der Waals surface area (Å²) in [5.74, 6) is 0.568. The van der Waals surface area contributed by atoms with E-state index in [1.165, 1.54) is 0 Å². The molecule has 15 nitrogen and oxygen atoms in total. The number of amides is 4. The van der Waals surface area contributed by atoms with Crippen LogP contribution in [0, 0.1) is 24.2 Å². The number of benzene rings is 3. The molecule has 2 fully saturated rings. The fourth-order valence-electron chi connectivity index (χ4n) is 9.17. The van der Waals surface area contributed by atoms with Gasteiger partial charge in [0.15, 0.2) is 23.8 Å². The van der Waals surface area contributed by atoms with E-state index >= 15 is 0 Å². The Kier molecular flexibility index (Phi) is 22.9. The summed E-state index contributed by atoms with van der Waals surface area (Å²) in [6.45, 7) is 14.2. The molecule has 3 aromatic rings. The number of hydrogen-bond donors (Lipinski definition) is 4. The Hall–Kier alpha value is -6.08. The predicted octanol–water partition coefficient (Wildman–Crippen LogP) is 6.58. The summed E-state index contributed by atoms with van der Waals surface area (Å²) in [6, 6.07) is 20.3. The first-order valence-corrected chi connectivity index (χ1v) is 26.3. The SMILES string of the molecule is C#CCOc1cc(C[N+]2(CC(=O)N[C@@H](CCc3ccccc3)C(=O)NC(CC(C)C)C(=O)N[C@@H](Cc3ccccc3)C(=O)NC(CC(C)C)C(=O)[C@@]3(C)CO3)CCOCC2)ccc1OC(=O)CCCCCCC. The van der Waals surface area contributed by atoms with E-state index in [0.717, 1.165) is 48.8 Å². The Morgan fingerprint density at radius 1 is 0.712 bits per heavy atom. The monoisotopic (exact) mass is 1010 g/mol. The van der Waals surface area contributed by atoms with Crippen molar-refractivity contribution < 1.29 is 52.2 Å². The maximum Gasteiger partial charge on any atom is 0.311 e. The zero-order chi connectivity index (χ0) is 52.8. The van der Waals surface area contributed by atoms with Crippen molar-refractivity contribution in [3.63, 3.8) is 0 Å². The Bertz CT molecular complexity index is 2310. The fraction of sp³-hybridized carbons (Fsp3) is 0.552. The number of nitrogens with one attached hydrogen (secondary N) is 4. The average molecular weight is 1010 g/mol. The summed E-state index contributed by atoms with van der Waals surface area (Å²) in [5.41, 5.74) is 1.63. The van der Waals surface area contributed by atoms with Crippen LogP contribution in [0.3, 0.4) is 0 Å². The van der Waals surface area contributed by atoms with Gasteiger partial charge in [-0.15, -0.1) is 6.42 Å². The van der Waals surface area contributed by atoms with Gasteiger partial charge in [-0.25, -0.2) is 0 Å². The van der Waals surface area contributed by atoms with Crippen molar-refractivity contribution in [2.45, 2.75) is 148 Å². The number of aryl methyl sites for hydroxylation is 1. The van der Waals surface area contributed by atoms with Gasteiger partial charge in [0.25, 0.3) is 5.91 Å². The number of carbonyl (C=O) groups is 6. The Balaban J connectivity index is 1.34. The predicted molar refractivity (Wildman–Crippen MR) is 280 cm³/mol. The second-order valence-electron chi connectivity index (χ2n) is 20.8. The molecule has 5 atom stereocenters. The number of Topliss-reactive ketones (excluding diaryl/α,β-unsaturated/α-hetero) is 1. The van der Waals surface area contributed by atoms with Gasteiger partial charge >= 0.3 is 5.97 Å². The minimum absolute atomic E-state index is 0.0194. The molecular weight excluding hydrogens is 927 g/mol. The van der Waals surface area contributed by atoms with Gasteiger partial charge in [-0.3, -0.25) is 28.8 Å². The van der Waals surface area contributed by atoms with Crippen LogP contribution in [0.1, 0.15) is 116 Å². The van der Waals surface area contributed by atoms with Gasteiger partial charge in [-0.05, 0) is 80.2 Å². The van der Waals surface area contributed by atoms with Crippen LogP contribution >= 0.6 is 0 Å². The van der Waals surface area contributed by atoms with Crippen molar-refractivity contribution >= 4 is 35.4 Å². The number of esters is 1. The van der Waals surface area contributed by atoms with E-state index in [4.69, 9.17) is 25.4 Å². The lowest BCUT2D eigenvalue weighted by Crippen LogP contribution is -2.61. The number of hydrogen-bond acceptors (Lipinski definition) is 10. The Morgan fingerprint density at radius 2 is 1.30 bits per heavy atom. The molecule has 5 rings (SSSR count). The quantitative estimate of drug-likeness (QED) is 0.0137. The van der Waals surface area contributed by atoms with Crippen molar-refractivity contribution in [1.29, 1.82) is 0 Å². The van der Waals surface area contributed by atoms with Crippen LogP contribution in [0.5, 0.6) is 11.5 Å². The zero-order valence-corrected chi connectivity index (χ0v) is 44.0. The van der Waals surface area contributed by atoms with Crippen molar-refractivity contribution in [1.82, 2.24) is 21.3 Å². The molecule has 3 aromatic carbocycles. The first kappa shape index (κ1) is 57.8. The second kappa shape index (κ2) is 29.0. The Labute approximate surface area is 433 Å². The molecule has 0 bridgehead atoms. The van der Waals surface area contributed by atoms with Crippen molar-refractivity contribution in [2.24, 2.45) is 11.8 Å². The number of ether oxygens (including phenoxy) is 4. The number of carbonyl (C=O) groups excluding carboxylic acids is 6. The number of ketones is 1. The number of morpholine rings is 1. The summed E-state index contributed by atoms with van der Waals surface area (Å²) in [7, 11) is 0. The van der Waals surface area contributed by atoms with Gasteiger partial charge in [-0.2, -0.15) is 0 Å². The summed E-state index contributed by atoms with van der Waals surface area (Å²) in [5, 5.41) is 11.9. The normalized spacial score (nSPS) is 17.5. The molecule has 0 saturated carbocycles. The molecule has 15 heteroatoms. The van der Waals surface area contributed by atoms with Crippen LogP contribution in [-0.4, -0.2) is 116 Å². The highest BCUT2D eigenvalue weighted by Crippen LogP contribution is 2.32. The highest BCUT2D eigenvalue weighted by molar-refractivity contribution is 5.99. The lowest BCUT2D eigenvalue weighted by molar-refractivity contribution is -0.940. The van der Waals surface area contributed by atoms with Crippen molar-refractivity contribution in [2.75, 3.05) is 46.1 Å². The summed E-state index contributed by atoms with van der Waals surface area (Å²) >= 11 is 0. The van der Waals surface area contributed by atoms with Crippen LogP contribution in [0.4, 0.5) is 0 Å². The third kappa shape index (κ3) is 19.4. The molecule has 2 unspecified atom stereocenters. The van der Waals surface area contributed by atoms with Crippen LogP contribution in [0.2, 0.25) is 0 Å². The average Bonchev–Trinajstić information content (AvgIpc) is 4.12. The van der Waals surface area contributed by atoms with Gasteiger partial charge in [0.1, 0.15) is 50.0 Å². The molecule has 0 aromatic heterocycles. The van der Waals surface area contributed by atoms with E-state index in [9.17, 15) is 28.8 Å². The number of quaternary nitrogens is 1. The molecule has 2 aliphatic rings. The molecule has 2 saturated heterocycles. The van der Waals surface area contributed by atoms with Gasteiger partial charge in [0, 0.05) is 18.4 Å². The largest absolute Gasteiger partial charge is 0.477 e. The molecule has 0 spiro atoms. The molecule has 4 N–H and O–H groups in total. The highest BCUT2D eigenvalue weighted by atomic mass is 16.6. The van der Waals surface area contributed by atoms with E-state index in [-0.39, 0.29) is 74.3 Å². The lowest BCUT2D eigenvalue weighted by atomic mass is 9.93. The van der Waals surface area contributed by atoms with Crippen molar-refractivity contribution in [3.8, 4) is 23.8 Å². The standard InChI is InChI=1S/C58H79N5O10/c1-8-10-11-12-19-24-53(65)73-50-28-26-45(37-51(50)71-31-9-2)38-63(29-32-70-33-30-63)39-52(64)59-46(27-25-43-20-15-13-16-21-43)55(67)61-48(35-42(5)6)56(68)62-49(36-44-22-17-14-18-23-44)57(69)60-47(34-41(3)4)54(66)58(7)40-72-58/h2,13-18,20-23,26,28,37,41-42,46-49H,8,10-12,19,24-25,27,29-36,38-40H2,1,3-7H3,(H3-,59,60,61,62,64,67,68,69)/p+1/t46-,47?,48?,49-,58+/m0/s1. The van der Waals surface area contributed by atoms with E-state index < -0.39 is 47.5 Å². The molecule has 73 heavy (non-hydrogen) atoms. The minimum Gasteiger partial charge on any atom is -0.477 e. The molecule has 0 radical (unpaired) electrons. The number of unbranched alkanes of at least 4 members (excludes halogenated alkanes) is 4. The van der Waals surface area contributed by atoms with E-state index in [1.54, 1.807) is 19.1 Å². The minimum atomic E-state index is -1.09. The van der Waals surface area contributed by atoms with Crippen LogP contribution in [0.15, 0.2) is 78.9 Å². The van der Waals surface area contributed by atoms with Crippen LogP contribution in [0.25, 0.3) is 0 Å². The number of nitrogens with zero attached hydrogens (tertiary/aromatic N) is 1. The molecule has 4 amide bonds. The van der Waals surface area contributed by atoms with Crippen LogP contribution in [-0.2, 0) is 57.6 Å². The van der Waals surface area contributed by atoms with Crippen molar-refractivity contribution in [3.05, 3.63) is 95.6 Å². The number of terminal acetylenes is 1. The maximum absolute atomic E-state index is 14.6. The smallest absolute Gasteiger partial charge is 0.311 e. The number of epoxide rings is 1. The second-order valence-corrected chi connectivity index (χ2v) is 20.8. The number of rotatable bonds is 31. The third-order valence-electron chi connectivity index (χ3n) is 13.4. The zero-order valence-electron chi connectivity index (χ0n) is 44.0. The summed E-state index contributed by atoms with van der Waals surface area (Å²) in [4.78, 5) is 84.1. The topological polar surface area (TPSA) is 191 Å². The van der Waals surface area contributed by atoms with E-state index in [0.29, 0.717) is 62.3 Å². The fourth-order valence-corrected chi connectivity index (χ4v) is 9.17. The van der Waals surface area contributed by atoms with E-state index in [2.05, 4.69) is 34.1 Å². The molecule has 2 heterocycles. The highest BCUT2D eigenvalue weighted by Gasteiger charge is 2.50. The maximum atomic E-state index is 14.6. The van der Waals surface area contributed by atoms with Gasteiger partial charge in [0.05, 0.1) is 25.9 Å². The first-order valence-electron chi connectivity index (χ1n) is 26.3. The molecule has 396 valence electrons.